The fraction of sp³-hybridized carbons (Fsp3) is 0.562. The van der Waals surface area contributed by atoms with Gasteiger partial charge in [0.05, 0.1) is 10.9 Å². The van der Waals surface area contributed by atoms with Crippen LogP contribution in [0.3, 0.4) is 0 Å². The van der Waals surface area contributed by atoms with Crippen molar-refractivity contribution >= 4 is 21.6 Å². The topological polar surface area (TPSA) is 78.5 Å². The van der Waals surface area contributed by atoms with Crippen molar-refractivity contribution in [1.82, 2.24) is 9.62 Å². The van der Waals surface area contributed by atoms with Crippen molar-refractivity contribution in [3.8, 4) is 0 Å². The Morgan fingerprint density at radius 3 is 2.17 bits per heavy atom. The van der Waals surface area contributed by atoms with Crippen LogP contribution in [0, 0.1) is 0 Å². The van der Waals surface area contributed by atoms with Gasteiger partial charge in [-0.2, -0.15) is 0 Å². The summed E-state index contributed by atoms with van der Waals surface area (Å²) in [6.07, 6.45) is 2.26. The molecule has 0 bridgehead atoms. The summed E-state index contributed by atoms with van der Waals surface area (Å²) in [6.45, 7) is 7.34. The average Bonchev–Trinajstić information content (AvgIpc) is 2.99. The number of carbonyl (C=O) groups excluding carboxylic acids is 1. The molecule has 1 amide bonds. The quantitative estimate of drug-likeness (QED) is 0.828. The van der Waals surface area contributed by atoms with Gasteiger partial charge in [-0.05, 0) is 71.0 Å². The van der Waals surface area contributed by atoms with Gasteiger partial charge in [0.25, 0.3) is 0 Å². The van der Waals surface area contributed by atoms with Gasteiger partial charge in [0, 0.05) is 11.7 Å². The zero-order valence-electron chi connectivity index (χ0n) is 13.9. The first-order valence-electron chi connectivity index (χ1n) is 7.97. The van der Waals surface area contributed by atoms with Crippen molar-refractivity contribution < 1.29 is 13.2 Å². The van der Waals surface area contributed by atoms with E-state index in [0.29, 0.717) is 5.69 Å². The molecule has 0 aromatic heterocycles. The molecule has 7 heteroatoms. The fourth-order valence-electron chi connectivity index (χ4n) is 2.64. The molecule has 2 rings (SSSR count). The summed E-state index contributed by atoms with van der Waals surface area (Å²) in [5.41, 5.74) is 0.601. The van der Waals surface area contributed by atoms with E-state index >= 15 is 0 Å². The first kappa shape index (κ1) is 17.9. The highest BCUT2D eigenvalue weighted by Gasteiger charge is 2.24. The molecule has 0 radical (unpaired) electrons. The third-order valence-electron chi connectivity index (χ3n) is 3.89. The first-order chi connectivity index (χ1) is 10.8. The summed E-state index contributed by atoms with van der Waals surface area (Å²) in [5.74, 6) is -0.0668. The second kappa shape index (κ2) is 7.42. The molecule has 1 aliphatic heterocycles. The summed E-state index contributed by atoms with van der Waals surface area (Å²) in [6, 6.07) is 5.89. The number of anilines is 1. The molecule has 2 N–H and O–H groups in total. The molecule has 1 aromatic rings. The molecule has 0 aliphatic carbocycles. The number of hydrogen-bond acceptors (Lipinski definition) is 4. The Labute approximate surface area is 138 Å². The number of benzene rings is 1. The molecule has 1 atom stereocenters. The number of hydrogen-bond donors (Lipinski definition) is 2. The Balaban J connectivity index is 2.01. The molecule has 0 saturated carbocycles. The molecular weight excluding hydrogens is 314 g/mol. The van der Waals surface area contributed by atoms with Gasteiger partial charge >= 0.3 is 0 Å². The monoisotopic (exact) mass is 339 g/mol. The van der Waals surface area contributed by atoms with Gasteiger partial charge in [-0.3, -0.25) is 9.69 Å². The van der Waals surface area contributed by atoms with Gasteiger partial charge in [0.1, 0.15) is 0 Å². The van der Waals surface area contributed by atoms with Crippen LogP contribution in [0.5, 0.6) is 0 Å². The van der Waals surface area contributed by atoms with Crippen LogP contribution in [-0.4, -0.2) is 44.4 Å². The minimum absolute atomic E-state index is 0.0668. The summed E-state index contributed by atoms with van der Waals surface area (Å²) in [5, 5.41) is 2.84. The van der Waals surface area contributed by atoms with Crippen LogP contribution in [0.4, 0.5) is 5.69 Å². The number of carbonyl (C=O) groups is 1. The minimum Gasteiger partial charge on any atom is -0.325 e. The normalized spacial score (nSPS) is 17.4. The van der Waals surface area contributed by atoms with Gasteiger partial charge in [-0.25, -0.2) is 13.1 Å². The van der Waals surface area contributed by atoms with E-state index in [0.717, 1.165) is 25.9 Å². The lowest BCUT2D eigenvalue weighted by atomic mass is 10.2. The Hall–Kier alpha value is -1.44. The van der Waals surface area contributed by atoms with E-state index in [2.05, 4.69) is 14.9 Å². The highest BCUT2D eigenvalue weighted by molar-refractivity contribution is 7.89. The molecule has 1 aromatic carbocycles. The molecule has 0 unspecified atom stereocenters. The first-order valence-corrected chi connectivity index (χ1v) is 9.45. The lowest BCUT2D eigenvalue weighted by molar-refractivity contribution is -0.120. The zero-order chi connectivity index (χ0) is 17.0. The van der Waals surface area contributed by atoms with E-state index < -0.39 is 10.0 Å². The van der Waals surface area contributed by atoms with Crippen molar-refractivity contribution in [2.45, 2.75) is 50.6 Å². The number of nitrogens with one attached hydrogen (secondary N) is 2. The van der Waals surface area contributed by atoms with Crippen LogP contribution in [0.2, 0.25) is 0 Å². The summed E-state index contributed by atoms with van der Waals surface area (Å²) >= 11 is 0. The zero-order valence-corrected chi connectivity index (χ0v) is 14.7. The van der Waals surface area contributed by atoms with Crippen LogP contribution >= 0.6 is 0 Å². The summed E-state index contributed by atoms with van der Waals surface area (Å²) in [4.78, 5) is 14.6. The Bertz CT molecular complexity index is 635. The molecule has 128 valence electrons. The number of amides is 1. The van der Waals surface area contributed by atoms with E-state index in [1.807, 2.05) is 6.92 Å². The van der Waals surface area contributed by atoms with Gasteiger partial charge in [-0.15, -0.1) is 0 Å². The van der Waals surface area contributed by atoms with E-state index in [1.54, 1.807) is 26.0 Å². The van der Waals surface area contributed by atoms with Crippen LogP contribution in [0.15, 0.2) is 29.2 Å². The molecule has 0 spiro atoms. The average molecular weight is 339 g/mol. The smallest absolute Gasteiger partial charge is 0.241 e. The Morgan fingerprint density at radius 1 is 1.09 bits per heavy atom. The van der Waals surface area contributed by atoms with E-state index in [9.17, 15) is 13.2 Å². The SMILES string of the molecule is CC(C)NS(=O)(=O)c1ccc(NC(=O)[C@@H](C)N2CCCC2)cc1. The van der Waals surface area contributed by atoms with E-state index in [-0.39, 0.29) is 22.9 Å². The molecule has 1 fully saturated rings. The van der Waals surface area contributed by atoms with Crippen molar-refractivity contribution in [3.63, 3.8) is 0 Å². The van der Waals surface area contributed by atoms with Gasteiger partial charge in [-0.1, -0.05) is 0 Å². The number of sulfonamides is 1. The van der Waals surface area contributed by atoms with Crippen molar-refractivity contribution in [2.24, 2.45) is 0 Å². The van der Waals surface area contributed by atoms with Gasteiger partial charge < -0.3 is 5.32 Å². The lowest BCUT2D eigenvalue weighted by Crippen LogP contribution is -2.40. The Morgan fingerprint density at radius 2 is 1.65 bits per heavy atom. The lowest BCUT2D eigenvalue weighted by Gasteiger charge is -2.22. The molecule has 1 heterocycles. The molecule has 6 nitrogen and oxygen atoms in total. The van der Waals surface area contributed by atoms with Crippen molar-refractivity contribution in [3.05, 3.63) is 24.3 Å². The molecule has 23 heavy (non-hydrogen) atoms. The maximum atomic E-state index is 12.2. The van der Waals surface area contributed by atoms with E-state index in [4.69, 9.17) is 0 Å². The third-order valence-corrected chi connectivity index (χ3v) is 5.57. The maximum absolute atomic E-state index is 12.2. The van der Waals surface area contributed by atoms with E-state index in [1.165, 1.54) is 12.1 Å². The minimum atomic E-state index is -3.51. The number of nitrogens with zero attached hydrogens (tertiary/aromatic N) is 1. The number of rotatable bonds is 6. The number of likely N-dealkylation sites (tertiary alicyclic amines) is 1. The highest BCUT2D eigenvalue weighted by Crippen LogP contribution is 2.16. The predicted molar refractivity (Wildman–Crippen MR) is 90.8 cm³/mol. The van der Waals surface area contributed by atoms with Crippen LogP contribution in [-0.2, 0) is 14.8 Å². The summed E-state index contributed by atoms with van der Waals surface area (Å²) in [7, 11) is -3.51. The maximum Gasteiger partial charge on any atom is 0.241 e. The molecule has 1 aliphatic rings. The Kier molecular flexibility index (Phi) is 5.78. The highest BCUT2D eigenvalue weighted by atomic mass is 32.2. The van der Waals surface area contributed by atoms with Crippen molar-refractivity contribution in [1.29, 1.82) is 0 Å². The van der Waals surface area contributed by atoms with Crippen LogP contribution in [0.25, 0.3) is 0 Å². The second-order valence-corrected chi connectivity index (χ2v) is 7.92. The largest absolute Gasteiger partial charge is 0.325 e. The molecular formula is C16H25N3O3S. The fourth-order valence-corrected chi connectivity index (χ4v) is 3.89. The molecule has 1 saturated heterocycles. The summed E-state index contributed by atoms with van der Waals surface area (Å²) < 4.78 is 26.6. The van der Waals surface area contributed by atoms with Gasteiger partial charge in [0.15, 0.2) is 0 Å². The van der Waals surface area contributed by atoms with Crippen molar-refractivity contribution in [2.75, 3.05) is 18.4 Å². The third kappa shape index (κ3) is 4.76. The standard InChI is InChI=1S/C16H25N3O3S/c1-12(2)18-23(21,22)15-8-6-14(7-9-15)17-16(20)13(3)19-10-4-5-11-19/h6-9,12-13,18H,4-5,10-11H2,1-3H3,(H,17,20)/t13-/m1/s1. The van der Waals surface area contributed by atoms with Gasteiger partial charge in [0.2, 0.25) is 15.9 Å². The van der Waals surface area contributed by atoms with Crippen LogP contribution < -0.4 is 10.0 Å². The van der Waals surface area contributed by atoms with Crippen LogP contribution in [0.1, 0.15) is 33.6 Å². The predicted octanol–water partition coefficient (Wildman–Crippen LogP) is 1.80. The second-order valence-electron chi connectivity index (χ2n) is 6.21.